The molecule has 0 unspecified atom stereocenters. The maximum atomic E-state index is 13.7. The van der Waals surface area contributed by atoms with Crippen molar-refractivity contribution in [1.82, 2.24) is 5.32 Å². The summed E-state index contributed by atoms with van der Waals surface area (Å²) in [5.41, 5.74) is 1.66. The van der Waals surface area contributed by atoms with E-state index in [0.717, 1.165) is 17.8 Å². The fourth-order valence-electron chi connectivity index (χ4n) is 2.38. The minimum Gasteiger partial charge on any atom is -0.370 e. The number of anilines is 1. The summed E-state index contributed by atoms with van der Waals surface area (Å²) in [6.45, 7) is 4.54. The Labute approximate surface area is 119 Å². The minimum atomic E-state index is -2.94. The number of rotatable bonds is 4. The Balaban J connectivity index is 2.17. The van der Waals surface area contributed by atoms with Crippen molar-refractivity contribution in [1.29, 1.82) is 0 Å². The zero-order chi connectivity index (χ0) is 14.6. The lowest BCUT2D eigenvalue weighted by Crippen LogP contribution is -2.27. The topological polar surface area (TPSA) is 49.4 Å². The Bertz CT molecular complexity index is 560. The second-order valence-corrected chi connectivity index (χ2v) is 7.39. The van der Waals surface area contributed by atoms with Crippen LogP contribution >= 0.6 is 0 Å². The molecule has 2 rings (SSSR count). The first-order valence-electron chi connectivity index (χ1n) is 6.96. The van der Waals surface area contributed by atoms with Gasteiger partial charge in [0, 0.05) is 25.3 Å². The first-order chi connectivity index (χ1) is 9.50. The molecule has 1 aromatic rings. The van der Waals surface area contributed by atoms with Crippen LogP contribution in [-0.4, -0.2) is 39.6 Å². The van der Waals surface area contributed by atoms with E-state index in [4.69, 9.17) is 0 Å². The van der Waals surface area contributed by atoms with E-state index in [1.165, 1.54) is 12.1 Å². The summed E-state index contributed by atoms with van der Waals surface area (Å²) < 4.78 is 36.9. The van der Waals surface area contributed by atoms with Gasteiger partial charge in [-0.2, -0.15) is 0 Å². The Kier molecular flexibility index (Phi) is 4.99. The second-order valence-electron chi connectivity index (χ2n) is 5.09. The zero-order valence-electron chi connectivity index (χ0n) is 11.7. The molecule has 1 aromatic carbocycles. The fourth-order valence-corrected chi connectivity index (χ4v) is 3.66. The maximum absolute atomic E-state index is 13.7. The highest BCUT2D eigenvalue weighted by Crippen LogP contribution is 2.21. The molecule has 1 fully saturated rings. The molecular formula is C14H21FN2O2S. The highest BCUT2D eigenvalue weighted by Gasteiger charge is 2.19. The monoisotopic (exact) mass is 300 g/mol. The average molecular weight is 300 g/mol. The van der Waals surface area contributed by atoms with Gasteiger partial charge in [0.05, 0.1) is 11.5 Å². The van der Waals surface area contributed by atoms with Crippen LogP contribution in [0.1, 0.15) is 18.9 Å². The number of hydrogen-bond donors (Lipinski definition) is 1. The molecule has 0 radical (unpaired) electrons. The van der Waals surface area contributed by atoms with Crippen molar-refractivity contribution in [3.63, 3.8) is 0 Å². The molecule has 6 heteroatoms. The number of hydrogen-bond acceptors (Lipinski definition) is 4. The molecule has 0 amide bonds. The second kappa shape index (κ2) is 6.54. The Morgan fingerprint density at radius 1 is 1.25 bits per heavy atom. The first-order valence-corrected chi connectivity index (χ1v) is 8.78. The molecule has 0 saturated carbocycles. The molecule has 20 heavy (non-hydrogen) atoms. The molecular weight excluding hydrogens is 279 g/mol. The number of nitrogens with one attached hydrogen (secondary N) is 1. The molecule has 112 valence electrons. The van der Waals surface area contributed by atoms with E-state index in [-0.39, 0.29) is 17.3 Å². The Morgan fingerprint density at radius 3 is 2.80 bits per heavy atom. The molecule has 1 saturated heterocycles. The van der Waals surface area contributed by atoms with Crippen molar-refractivity contribution in [3.8, 4) is 0 Å². The third-order valence-electron chi connectivity index (χ3n) is 3.44. The van der Waals surface area contributed by atoms with E-state index >= 15 is 0 Å². The molecule has 1 aliphatic heterocycles. The summed E-state index contributed by atoms with van der Waals surface area (Å²) in [5.74, 6) is 0.0947. The molecule has 1 heterocycles. The van der Waals surface area contributed by atoms with Gasteiger partial charge in [-0.15, -0.1) is 0 Å². The normalized spacial score (nSPS) is 18.8. The van der Waals surface area contributed by atoms with Crippen LogP contribution in [-0.2, 0) is 16.4 Å². The Hall–Kier alpha value is -1.14. The molecule has 0 atom stereocenters. The fraction of sp³-hybridized carbons (Fsp3) is 0.571. The molecule has 0 aliphatic carbocycles. The number of nitrogens with zero attached hydrogens (tertiary/aromatic N) is 1. The Morgan fingerprint density at radius 2 is 2.05 bits per heavy atom. The molecule has 0 aromatic heterocycles. The molecule has 0 spiro atoms. The van der Waals surface area contributed by atoms with Gasteiger partial charge in [0.15, 0.2) is 9.84 Å². The highest BCUT2D eigenvalue weighted by atomic mass is 32.2. The third-order valence-corrected chi connectivity index (χ3v) is 5.16. The van der Waals surface area contributed by atoms with E-state index in [1.54, 1.807) is 0 Å². The summed E-state index contributed by atoms with van der Waals surface area (Å²) in [5, 5.41) is 3.17. The van der Waals surface area contributed by atoms with Crippen LogP contribution in [0.25, 0.3) is 0 Å². The van der Waals surface area contributed by atoms with Gasteiger partial charge < -0.3 is 10.2 Å². The van der Waals surface area contributed by atoms with Crippen molar-refractivity contribution >= 4 is 15.5 Å². The number of benzene rings is 1. The highest BCUT2D eigenvalue weighted by molar-refractivity contribution is 7.91. The van der Waals surface area contributed by atoms with E-state index in [1.807, 2.05) is 17.9 Å². The SMILES string of the molecule is CCNCc1cc(F)cc(N2CCCS(=O)(=O)CC2)c1. The summed E-state index contributed by atoms with van der Waals surface area (Å²) >= 11 is 0. The minimum absolute atomic E-state index is 0.145. The smallest absolute Gasteiger partial charge is 0.152 e. The molecule has 1 N–H and O–H groups in total. The lowest BCUT2D eigenvalue weighted by atomic mass is 10.1. The maximum Gasteiger partial charge on any atom is 0.152 e. The molecule has 4 nitrogen and oxygen atoms in total. The van der Waals surface area contributed by atoms with Crippen molar-refractivity contribution in [3.05, 3.63) is 29.6 Å². The predicted molar refractivity (Wildman–Crippen MR) is 79.3 cm³/mol. The van der Waals surface area contributed by atoms with Gasteiger partial charge in [-0.3, -0.25) is 0 Å². The van der Waals surface area contributed by atoms with Gasteiger partial charge in [-0.25, -0.2) is 12.8 Å². The van der Waals surface area contributed by atoms with Crippen LogP contribution in [0.3, 0.4) is 0 Å². The summed E-state index contributed by atoms with van der Waals surface area (Å²) in [6, 6.07) is 4.93. The van der Waals surface area contributed by atoms with E-state index < -0.39 is 9.84 Å². The predicted octanol–water partition coefficient (Wildman–Crippen LogP) is 1.56. The summed E-state index contributed by atoms with van der Waals surface area (Å²) in [4.78, 5) is 1.96. The largest absolute Gasteiger partial charge is 0.370 e. The number of sulfone groups is 1. The van der Waals surface area contributed by atoms with Crippen molar-refractivity contribution in [2.45, 2.75) is 19.9 Å². The van der Waals surface area contributed by atoms with Crippen LogP contribution in [0, 0.1) is 5.82 Å². The average Bonchev–Trinajstić information content (AvgIpc) is 2.57. The lowest BCUT2D eigenvalue weighted by molar-refractivity contribution is 0.597. The zero-order valence-corrected chi connectivity index (χ0v) is 12.5. The van der Waals surface area contributed by atoms with Crippen LogP contribution < -0.4 is 10.2 Å². The van der Waals surface area contributed by atoms with Crippen molar-refractivity contribution in [2.75, 3.05) is 36.0 Å². The quantitative estimate of drug-likeness (QED) is 0.917. The lowest BCUT2D eigenvalue weighted by Gasteiger charge is -2.23. The van der Waals surface area contributed by atoms with E-state index in [9.17, 15) is 12.8 Å². The van der Waals surface area contributed by atoms with Crippen LogP contribution in [0.2, 0.25) is 0 Å². The van der Waals surface area contributed by atoms with Crippen LogP contribution in [0.15, 0.2) is 18.2 Å². The van der Waals surface area contributed by atoms with Crippen LogP contribution in [0.5, 0.6) is 0 Å². The van der Waals surface area contributed by atoms with Gasteiger partial charge in [0.1, 0.15) is 5.82 Å². The van der Waals surface area contributed by atoms with Gasteiger partial charge in [0.25, 0.3) is 0 Å². The van der Waals surface area contributed by atoms with Crippen LogP contribution in [0.4, 0.5) is 10.1 Å². The van der Waals surface area contributed by atoms with E-state index in [2.05, 4.69) is 5.32 Å². The van der Waals surface area contributed by atoms with Gasteiger partial charge in [0.2, 0.25) is 0 Å². The number of halogens is 1. The van der Waals surface area contributed by atoms with Gasteiger partial charge >= 0.3 is 0 Å². The first kappa shape index (κ1) is 15.3. The van der Waals surface area contributed by atoms with Crippen molar-refractivity contribution < 1.29 is 12.8 Å². The molecule has 0 bridgehead atoms. The third kappa shape index (κ3) is 4.18. The van der Waals surface area contributed by atoms with Gasteiger partial charge in [-0.05, 0) is 36.7 Å². The van der Waals surface area contributed by atoms with Gasteiger partial charge in [-0.1, -0.05) is 6.92 Å². The van der Waals surface area contributed by atoms with E-state index in [0.29, 0.717) is 26.1 Å². The summed E-state index contributed by atoms with van der Waals surface area (Å²) in [6.07, 6.45) is 0.599. The molecule has 1 aliphatic rings. The van der Waals surface area contributed by atoms with Crippen molar-refractivity contribution in [2.24, 2.45) is 0 Å². The summed E-state index contributed by atoms with van der Waals surface area (Å²) in [7, 11) is -2.94. The standard InChI is InChI=1S/C14H21FN2O2S/c1-2-16-11-12-8-13(15)10-14(9-12)17-4-3-6-20(18,19)7-5-17/h8-10,16H,2-7,11H2,1H3.